The Bertz CT molecular complexity index is 845. The van der Waals surface area contributed by atoms with Crippen molar-refractivity contribution in [3.8, 4) is 0 Å². The molecule has 0 radical (unpaired) electrons. The molecule has 0 aromatic heterocycles. The fourth-order valence-electron chi connectivity index (χ4n) is 7.07. The molecule has 0 saturated carbocycles. The van der Waals surface area contributed by atoms with E-state index in [1.807, 2.05) is 0 Å². The van der Waals surface area contributed by atoms with Crippen molar-refractivity contribution in [2.45, 2.75) is 156 Å². The second-order valence-corrected chi connectivity index (χ2v) is 26.4. The molecule has 6 heteroatoms. The van der Waals surface area contributed by atoms with Crippen molar-refractivity contribution in [2.24, 2.45) is 23.7 Å². The highest BCUT2D eigenvalue weighted by molar-refractivity contribution is 14.1. The van der Waals surface area contributed by atoms with E-state index in [1.165, 1.54) is 11.1 Å². The van der Waals surface area contributed by atoms with Crippen LogP contribution in [-0.2, 0) is 13.6 Å². The second kappa shape index (κ2) is 16.5. The Morgan fingerprint density at radius 2 is 1.54 bits per heavy atom. The van der Waals surface area contributed by atoms with Gasteiger partial charge < -0.3 is 13.6 Å². The Kier molecular flexibility index (Phi) is 15.8. The van der Waals surface area contributed by atoms with Gasteiger partial charge in [-0.15, -0.1) is 6.58 Å². The first-order valence-electron chi connectivity index (χ1n) is 16.3. The Balaban J connectivity index is 3.64. The molecule has 0 N–H and O–H groups in total. The van der Waals surface area contributed by atoms with E-state index in [-0.39, 0.29) is 23.4 Å². The molecule has 1 heterocycles. The summed E-state index contributed by atoms with van der Waals surface area (Å²) in [6.07, 6.45) is 7.67. The zero-order chi connectivity index (χ0) is 31.9. The smallest absolute Gasteiger partial charge is 0.203 e. The fourth-order valence-corrected chi connectivity index (χ4v) is 14.1. The average Bonchev–Trinajstić information content (AvgIpc) is 3.22. The highest BCUT2D eigenvalue weighted by Gasteiger charge is 2.53. The summed E-state index contributed by atoms with van der Waals surface area (Å²) in [4.78, 5) is 0. The Hall–Kier alpha value is 0.264. The zero-order valence-electron chi connectivity index (χ0n) is 29.6. The maximum absolute atomic E-state index is 7.40. The molecule has 1 unspecified atom stereocenters. The molecule has 0 spiro atoms. The molecule has 41 heavy (non-hydrogen) atoms. The molecule has 1 rings (SSSR count). The lowest BCUT2D eigenvalue weighted by Crippen LogP contribution is -2.52. The van der Waals surface area contributed by atoms with E-state index in [2.05, 4.69) is 149 Å². The molecular weight excluding hydrogens is 651 g/mol. The third kappa shape index (κ3) is 10.1. The van der Waals surface area contributed by atoms with Crippen molar-refractivity contribution < 1.29 is 13.6 Å². The minimum atomic E-state index is -2.11. The summed E-state index contributed by atoms with van der Waals surface area (Å²) in [5.41, 5.74) is 4.33. The van der Waals surface area contributed by atoms with Gasteiger partial charge >= 0.3 is 0 Å². The molecule has 0 bridgehead atoms. The first-order chi connectivity index (χ1) is 18.8. The van der Waals surface area contributed by atoms with Crippen LogP contribution in [0.1, 0.15) is 109 Å². The van der Waals surface area contributed by atoms with Crippen LogP contribution in [0.4, 0.5) is 0 Å². The van der Waals surface area contributed by atoms with E-state index in [1.54, 1.807) is 0 Å². The van der Waals surface area contributed by atoms with Crippen molar-refractivity contribution in [2.75, 3.05) is 6.61 Å². The van der Waals surface area contributed by atoms with Crippen molar-refractivity contribution in [3.63, 3.8) is 0 Å². The van der Waals surface area contributed by atoms with Crippen LogP contribution in [0.15, 0.2) is 34.0 Å². The van der Waals surface area contributed by atoms with Gasteiger partial charge in [0.05, 0.1) is 12.7 Å². The first-order valence-corrected chi connectivity index (χ1v) is 22.5. The Labute approximate surface area is 272 Å². The van der Waals surface area contributed by atoms with Crippen LogP contribution in [0.2, 0.25) is 34.8 Å². The van der Waals surface area contributed by atoms with Crippen molar-refractivity contribution >= 4 is 39.2 Å². The van der Waals surface area contributed by atoms with Crippen molar-refractivity contribution in [1.82, 2.24) is 0 Å². The lowest BCUT2D eigenvalue weighted by molar-refractivity contribution is -0.0650. The van der Waals surface area contributed by atoms with Crippen LogP contribution in [0.25, 0.3) is 0 Å². The highest BCUT2D eigenvalue weighted by Crippen LogP contribution is 2.49. The lowest BCUT2D eigenvalue weighted by atomic mass is 9.71. The molecule has 240 valence electrons. The van der Waals surface area contributed by atoms with Crippen LogP contribution >= 0.6 is 22.6 Å². The van der Waals surface area contributed by atoms with E-state index in [4.69, 9.17) is 13.6 Å². The molecule has 0 aliphatic carbocycles. The summed E-state index contributed by atoms with van der Waals surface area (Å²) < 4.78 is 23.6. The molecule has 1 saturated heterocycles. The molecule has 0 aromatic rings. The average molecular weight is 719 g/mol. The summed E-state index contributed by atoms with van der Waals surface area (Å²) in [6.45, 7) is 40.3. The molecule has 1 fully saturated rings. The van der Waals surface area contributed by atoms with Gasteiger partial charge in [0.15, 0.2) is 14.6 Å². The van der Waals surface area contributed by atoms with E-state index in [0.29, 0.717) is 41.0 Å². The van der Waals surface area contributed by atoms with Crippen LogP contribution < -0.4 is 0 Å². The topological polar surface area (TPSA) is 27.7 Å². The summed E-state index contributed by atoms with van der Waals surface area (Å²) in [6, 6.07) is 0. The maximum Gasteiger partial charge on any atom is 0.203 e. The molecule has 6 atom stereocenters. The zero-order valence-corrected chi connectivity index (χ0v) is 33.7. The van der Waals surface area contributed by atoms with E-state index < -0.39 is 16.6 Å². The molecule has 0 amide bonds. The number of allylic oxidation sites excluding steroid dienone is 2. The van der Waals surface area contributed by atoms with Crippen molar-refractivity contribution in [3.05, 3.63) is 34.0 Å². The van der Waals surface area contributed by atoms with Gasteiger partial charge in [0, 0.05) is 5.92 Å². The maximum atomic E-state index is 7.40. The number of ether oxygens (including phenoxy) is 1. The standard InChI is InChI=1S/C35H67IO3Si2/c1-17-30-31(23-37-34(30)39-41(25(4)5,26(6)7)27(8)9)33(29(11)20-18-19-24(2)3)32(21-28(10)22-36)38-40(15,16)35(12,13)14/h17,19,22,25-27,29-34H,1,18,20-21,23H2,2-16H3/b28-22+/t29-,30+,31?,32-,33+,34+/m1/s1. The second-order valence-electron chi connectivity index (χ2n) is 15.6. The van der Waals surface area contributed by atoms with E-state index in [0.717, 1.165) is 19.3 Å². The van der Waals surface area contributed by atoms with E-state index in [9.17, 15) is 0 Å². The summed E-state index contributed by atoms with van der Waals surface area (Å²) >= 11 is 2.40. The fraction of sp³-hybridized carbons (Fsp3) is 0.829. The number of halogens is 1. The molecular formula is C35H67IO3Si2. The van der Waals surface area contributed by atoms with Crippen LogP contribution in [0.3, 0.4) is 0 Å². The minimum Gasteiger partial charge on any atom is -0.413 e. The Morgan fingerprint density at radius 3 is 1.95 bits per heavy atom. The van der Waals surface area contributed by atoms with Gasteiger partial charge in [0.2, 0.25) is 8.32 Å². The van der Waals surface area contributed by atoms with Gasteiger partial charge in [-0.2, -0.15) is 0 Å². The van der Waals surface area contributed by atoms with Gasteiger partial charge in [-0.1, -0.05) is 115 Å². The summed E-state index contributed by atoms with van der Waals surface area (Å²) in [7, 11) is -4.13. The van der Waals surface area contributed by atoms with Gasteiger partial charge in [-0.05, 0) is 96.6 Å². The van der Waals surface area contributed by atoms with Crippen molar-refractivity contribution in [1.29, 1.82) is 0 Å². The van der Waals surface area contributed by atoms with E-state index >= 15 is 0 Å². The predicted octanol–water partition coefficient (Wildman–Crippen LogP) is 12.1. The third-order valence-electron chi connectivity index (χ3n) is 10.3. The Morgan fingerprint density at radius 1 is 1.00 bits per heavy atom. The van der Waals surface area contributed by atoms with Crippen LogP contribution in [0, 0.1) is 23.7 Å². The summed E-state index contributed by atoms with van der Waals surface area (Å²) in [5.74, 6) is 1.31. The predicted molar refractivity (Wildman–Crippen MR) is 195 cm³/mol. The monoisotopic (exact) mass is 718 g/mol. The SMILES string of the molecule is C=C[C@H]1C([C@H]([C@H](C)CCC=C(C)C)[C@@H](C/C(C)=C/I)O[Si](C)(C)C(C)(C)C)CO[C@H]1O[Si](C(C)C)(C(C)C)C(C)C. The van der Waals surface area contributed by atoms with Gasteiger partial charge in [-0.25, -0.2) is 0 Å². The molecule has 1 aliphatic heterocycles. The summed E-state index contributed by atoms with van der Waals surface area (Å²) in [5, 5.41) is 0.149. The highest BCUT2D eigenvalue weighted by atomic mass is 127. The van der Waals surface area contributed by atoms with Gasteiger partial charge in [0.1, 0.15) is 0 Å². The number of rotatable bonds is 16. The quantitative estimate of drug-likeness (QED) is 0.0903. The molecule has 3 nitrogen and oxygen atoms in total. The van der Waals surface area contributed by atoms with Gasteiger partial charge in [0.25, 0.3) is 0 Å². The largest absolute Gasteiger partial charge is 0.413 e. The van der Waals surface area contributed by atoms with Crippen LogP contribution in [0.5, 0.6) is 0 Å². The van der Waals surface area contributed by atoms with Crippen LogP contribution in [-0.4, -0.2) is 35.6 Å². The normalized spacial score (nSPS) is 23.3. The third-order valence-corrected chi connectivity index (χ3v) is 21.9. The molecule has 1 aliphatic rings. The minimum absolute atomic E-state index is 0.140. The first kappa shape index (κ1) is 39.3. The molecule has 0 aromatic carbocycles. The lowest BCUT2D eigenvalue weighted by Gasteiger charge is -2.46. The number of hydrogen-bond acceptors (Lipinski definition) is 3. The van der Waals surface area contributed by atoms with Gasteiger partial charge in [-0.3, -0.25) is 0 Å². The number of hydrogen-bond donors (Lipinski definition) is 0.